The van der Waals surface area contributed by atoms with Crippen molar-refractivity contribution < 1.29 is 23.8 Å². The van der Waals surface area contributed by atoms with Crippen LogP contribution in [0.4, 0.5) is 4.79 Å². The number of piperidine rings is 1. The summed E-state index contributed by atoms with van der Waals surface area (Å²) >= 11 is 0. The van der Waals surface area contributed by atoms with E-state index in [9.17, 15) is 9.59 Å². The van der Waals surface area contributed by atoms with Crippen LogP contribution in [-0.2, 0) is 27.3 Å². The number of benzene rings is 3. The van der Waals surface area contributed by atoms with Crippen molar-refractivity contribution in [1.82, 2.24) is 10.2 Å². The molecule has 41 heavy (non-hydrogen) atoms. The van der Waals surface area contributed by atoms with E-state index in [4.69, 9.17) is 14.2 Å². The molecule has 0 radical (unpaired) electrons. The lowest BCUT2D eigenvalue weighted by atomic mass is 9.70. The van der Waals surface area contributed by atoms with Gasteiger partial charge in [0.15, 0.2) is 0 Å². The molecular formula is C34H38N2O5. The van der Waals surface area contributed by atoms with Crippen molar-refractivity contribution >= 4 is 12.0 Å². The number of fused-ring (bicyclic) bond motifs is 4. The SMILES string of the molecule is CC1(C)Oc2ccccc2[C@H]2O[C@H]3CCN(C(=O)[C@H](Cc4ccccc4)NC(=O)OCc4ccccc4)C[C@H]3C[C@@H]21. The van der Waals surface area contributed by atoms with E-state index >= 15 is 0 Å². The Morgan fingerprint density at radius 3 is 2.41 bits per heavy atom. The average Bonchev–Trinajstić information content (AvgIpc) is 2.99. The van der Waals surface area contributed by atoms with Crippen LogP contribution in [0.25, 0.3) is 0 Å². The quantitative estimate of drug-likeness (QED) is 0.424. The number of carbonyl (C=O) groups is 2. The van der Waals surface area contributed by atoms with Gasteiger partial charge in [-0.05, 0) is 43.9 Å². The number of nitrogens with one attached hydrogen (secondary N) is 1. The van der Waals surface area contributed by atoms with E-state index in [0.717, 1.165) is 35.3 Å². The van der Waals surface area contributed by atoms with Crippen molar-refractivity contribution in [3.8, 4) is 5.75 Å². The molecule has 3 aliphatic rings. The highest BCUT2D eigenvalue weighted by Crippen LogP contribution is 2.52. The third-order valence-electron chi connectivity index (χ3n) is 8.80. The maximum absolute atomic E-state index is 14.0. The van der Waals surface area contributed by atoms with Crippen LogP contribution in [0.3, 0.4) is 0 Å². The maximum atomic E-state index is 14.0. The Balaban J connectivity index is 1.15. The van der Waals surface area contributed by atoms with Gasteiger partial charge in [-0.3, -0.25) is 4.79 Å². The summed E-state index contributed by atoms with van der Waals surface area (Å²) in [5.74, 6) is 1.19. The number of nitrogens with zero attached hydrogens (tertiary/aromatic N) is 1. The molecule has 0 aromatic heterocycles. The minimum absolute atomic E-state index is 0.00895. The van der Waals surface area contributed by atoms with Crippen molar-refractivity contribution in [3.05, 3.63) is 102 Å². The average molecular weight is 555 g/mol. The maximum Gasteiger partial charge on any atom is 0.408 e. The van der Waals surface area contributed by atoms with E-state index in [1.807, 2.05) is 83.8 Å². The number of hydrogen-bond acceptors (Lipinski definition) is 5. The summed E-state index contributed by atoms with van der Waals surface area (Å²) < 4.78 is 18.7. The number of hydrogen-bond donors (Lipinski definition) is 1. The fourth-order valence-corrected chi connectivity index (χ4v) is 6.63. The number of amides is 2. The van der Waals surface area contributed by atoms with Gasteiger partial charge in [0.05, 0.1) is 12.2 Å². The molecule has 3 aromatic rings. The zero-order chi connectivity index (χ0) is 28.4. The molecule has 6 rings (SSSR count). The third kappa shape index (κ3) is 5.96. The van der Waals surface area contributed by atoms with Crippen LogP contribution in [0.1, 0.15) is 49.5 Å². The Labute approximate surface area is 241 Å². The summed E-state index contributed by atoms with van der Waals surface area (Å²) in [5, 5.41) is 2.87. The Morgan fingerprint density at radius 2 is 1.66 bits per heavy atom. The van der Waals surface area contributed by atoms with Crippen LogP contribution >= 0.6 is 0 Å². The van der Waals surface area contributed by atoms with E-state index in [0.29, 0.717) is 19.5 Å². The molecule has 2 amide bonds. The highest BCUT2D eigenvalue weighted by molar-refractivity contribution is 5.86. The second kappa shape index (κ2) is 11.6. The fraction of sp³-hybridized carbons (Fsp3) is 0.412. The molecule has 0 spiro atoms. The van der Waals surface area contributed by atoms with Gasteiger partial charge in [0.25, 0.3) is 0 Å². The number of rotatable bonds is 6. The molecule has 0 aliphatic carbocycles. The Bertz CT molecular complexity index is 1360. The summed E-state index contributed by atoms with van der Waals surface area (Å²) in [5.41, 5.74) is 2.61. The molecule has 5 atom stereocenters. The lowest BCUT2D eigenvalue weighted by Gasteiger charge is -2.53. The van der Waals surface area contributed by atoms with Gasteiger partial charge in [-0.2, -0.15) is 0 Å². The summed E-state index contributed by atoms with van der Waals surface area (Å²) in [4.78, 5) is 28.7. The van der Waals surface area contributed by atoms with E-state index in [1.165, 1.54) is 0 Å². The zero-order valence-electron chi connectivity index (χ0n) is 23.7. The van der Waals surface area contributed by atoms with Crippen molar-refractivity contribution in [2.45, 2.75) is 63.6 Å². The number of alkyl carbamates (subject to hydrolysis) is 1. The molecule has 0 unspecified atom stereocenters. The first kappa shape index (κ1) is 27.3. The van der Waals surface area contributed by atoms with E-state index in [2.05, 4.69) is 25.2 Å². The predicted molar refractivity (Wildman–Crippen MR) is 155 cm³/mol. The second-order valence-electron chi connectivity index (χ2n) is 12.0. The lowest BCUT2D eigenvalue weighted by Crippen LogP contribution is -2.58. The van der Waals surface area contributed by atoms with Crippen LogP contribution in [0, 0.1) is 11.8 Å². The molecule has 2 fully saturated rings. The van der Waals surface area contributed by atoms with Gasteiger partial charge < -0.3 is 24.4 Å². The van der Waals surface area contributed by atoms with Gasteiger partial charge in [-0.15, -0.1) is 0 Å². The summed E-state index contributed by atoms with van der Waals surface area (Å²) in [6.07, 6.45) is 1.55. The predicted octanol–water partition coefficient (Wildman–Crippen LogP) is 5.69. The van der Waals surface area contributed by atoms with Gasteiger partial charge in [0.1, 0.15) is 24.0 Å². The first-order valence-corrected chi connectivity index (χ1v) is 14.6. The topological polar surface area (TPSA) is 77.1 Å². The number of carbonyl (C=O) groups excluding carboxylic acids is 2. The molecule has 3 aliphatic heterocycles. The third-order valence-corrected chi connectivity index (χ3v) is 8.80. The summed E-state index contributed by atoms with van der Waals surface area (Å²) in [6, 6.07) is 26.7. The molecule has 3 heterocycles. The normalized spacial score (nSPS) is 25.0. The van der Waals surface area contributed by atoms with Crippen LogP contribution in [-0.4, -0.2) is 47.7 Å². The molecule has 2 saturated heterocycles. The van der Waals surface area contributed by atoms with E-state index in [1.54, 1.807) is 0 Å². The van der Waals surface area contributed by atoms with Gasteiger partial charge in [0.2, 0.25) is 5.91 Å². The molecule has 7 nitrogen and oxygen atoms in total. The highest BCUT2D eigenvalue weighted by atomic mass is 16.5. The number of para-hydroxylation sites is 1. The zero-order valence-corrected chi connectivity index (χ0v) is 23.7. The number of ether oxygens (including phenoxy) is 3. The monoisotopic (exact) mass is 554 g/mol. The van der Waals surface area contributed by atoms with Crippen LogP contribution in [0.2, 0.25) is 0 Å². The smallest absolute Gasteiger partial charge is 0.408 e. The van der Waals surface area contributed by atoms with Crippen molar-refractivity contribution in [1.29, 1.82) is 0 Å². The van der Waals surface area contributed by atoms with Gasteiger partial charge in [0, 0.05) is 36.9 Å². The molecule has 7 heteroatoms. The Kier molecular flexibility index (Phi) is 7.71. The highest BCUT2D eigenvalue weighted by Gasteiger charge is 2.51. The Hall–Kier alpha value is -3.84. The van der Waals surface area contributed by atoms with Gasteiger partial charge >= 0.3 is 6.09 Å². The summed E-state index contributed by atoms with van der Waals surface area (Å²) in [7, 11) is 0. The van der Waals surface area contributed by atoms with Crippen LogP contribution in [0.15, 0.2) is 84.9 Å². The molecule has 214 valence electrons. The minimum atomic E-state index is -0.726. The molecule has 0 bridgehead atoms. The van der Waals surface area contributed by atoms with E-state index in [-0.39, 0.29) is 42.2 Å². The van der Waals surface area contributed by atoms with Crippen molar-refractivity contribution in [2.75, 3.05) is 13.1 Å². The van der Waals surface area contributed by atoms with Crippen molar-refractivity contribution in [3.63, 3.8) is 0 Å². The molecule has 0 saturated carbocycles. The van der Waals surface area contributed by atoms with Gasteiger partial charge in [-0.25, -0.2) is 4.79 Å². The first-order valence-electron chi connectivity index (χ1n) is 14.6. The Morgan fingerprint density at radius 1 is 0.976 bits per heavy atom. The van der Waals surface area contributed by atoms with Crippen LogP contribution in [0.5, 0.6) is 5.75 Å². The molecule has 3 aromatic carbocycles. The second-order valence-corrected chi connectivity index (χ2v) is 12.0. The summed E-state index contributed by atoms with van der Waals surface area (Å²) in [6.45, 7) is 5.60. The fourth-order valence-electron chi connectivity index (χ4n) is 6.63. The van der Waals surface area contributed by atoms with Gasteiger partial charge in [-0.1, -0.05) is 78.9 Å². The standard InChI is InChI=1S/C34H38N2O5/c1-34(2)27-20-25-21-36(18-17-29(25)40-31(27)26-15-9-10-16-30(26)41-34)32(37)28(19-23-11-5-3-6-12-23)35-33(38)39-22-24-13-7-4-8-14-24/h3-16,25,27-29,31H,17-22H2,1-2H3,(H,35,38)/t25-,27+,28+,29+,31-/m1/s1. The molecular weight excluding hydrogens is 516 g/mol. The lowest BCUT2D eigenvalue weighted by molar-refractivity contribution is -0.189. The minimum Gasteiger partial charge on any atom is -0.487 e. The van der Waals surface area contributed by atoms with Crippen molar-refractivity contribution in [2.24, 2.45) is 11.8 Å². The molecule has 1 N–H and O–H groups in total. The first-order chi connectivity index (χ1) is 19.9. The van der Waals surface area contributed by atoms with E-state index < -0.39 is 12.1 Å². The number of likely N-dealkylation sites (tertiary alicyclic amines) is 1. The largest absolute Gasteiger partial charge is 0.487 e. The van der Waals surface area contributed by atoms with Crippen LogP contribution < -0.4 is 10.1 Å².